The molecule has 0 unspecified atom stereocenters. The van der Waals surface area contributed by atoms with Crippen LogP contribution in [0.4, 0.5) is 0 Å². The Morgan fingerprint density at radius 1 is 1.12 bits per heavy atom. The zero-order valence-electron chi connectivity index (χ0n) is 16.8. The molecule has 0 aromatic carbocycles. The Balaban J connectivity index is 1.63. The van der Waals surface area contributed by atoms with E-state index < -0.39 is 0 Å². The van der Waals surface area contributed by atoms with E-state index in [0.29, 0.717) is 11.6 Å². The van der Waals surface area contributed by atoms with Crippen molar-refractivity contribution in [2.24, 2.45) is 4.99 Å². The number of aliphatic imine (C=N–C) groups is 1. The zero-order valence-corrected chi connectivity index (χ0v) is 17.7. The highest BCUT2D eigenvalue weighted by Crippen LogP contribution is 2.37. The molecule has 2 heterocycles. The lowest BCUT2D eigenvalue weighted by atomic mass is 9.95. The topological polar surface area (TPSA) is 40.1 Å². The van der Waals surface area contributed by atoms with Crippen LogP contribution in [0.25, 0.3) is 0 Å². The largest absolute Gasteiger partial charge is 0.378 e. The van der Waals surface area contributed by atoms with Gasteiger partial charge in [0.15, 0.2) is 5.96 Å². The molecule has 0 bridgehead atoms. The number of ether oxygens (including phenoxy) is 1. The van der Waals surface area contributed by atoms with Crippen molar-refractivity contribution in [3.05, 3.63) is 0 Å². The van der Waals surface area contributed by atoms with Gasteiger partial charge in [0.2, 0.25) is 0 Å². The molecule has 0 aromatic heterocycles. The van der Waals surface area contributed by atoms with Crippen LogP contribution in [0, 0.1) is 0 Å². The minimum atomic E-state index is 0.325. The van der Waals surface area contributed by atoms with E-state index in [0.717, 1.165) is 51.6 Å². The van der Waals surface area contributed by atoms with Crippen LogP contribution < -0.4 is 5.32 Å². The average molecular weight is 383 g/mol. The minimum Gasteiger partial charge on any atom is -0.378 e. The summed E-state index contributed by atoms with van der Waals surface area (Å²) in [6.45, 7) is 11.6. The fourth-order valence-electron chi connectivity index (χ4n) is 4.76. The van der Waals surface area contributed by atoms with Crippen molar-refractivity contribution in [1.29, 1.82) is 0 Å². The predicted octanol–water partition coefficient (Wildman–Crippen LogP) is 2.81. The second kappa shape index (κ2) is 10.2. The summed E-state index contributed by atoms with van der Waals surface area (Å²) in [5.41, 5.74) is 0.325. The van der Waals surface area contributed by atoms with Gasteiger partial charge < -0.3 is 15.0 Å². The number of nitrogens with one attached hydrogen (secondary N) is 1. The van der Waals surface area contributed by atoms with Crippen LogP contribution in [0.1, 0.15) is 52.4 Å². The van der Waals surface area contributed by atoms with Crippen LogP contribution in [0.2, 0.25) is 0 Å². The third kappa shape index (κ3) is 5.08. The Morgan fingerprint density at radius 3 is 2.42 bits per heavy atom. The summed E-state index contributed by atoms with van der Waals surface area (Å²) in [6.07, 6.45) is 8.07. The normalized spacial score (nSPS) is 25.6. The maximum Gasteiger partial charge on any atom is 0.193 e. The van der Waals surface area contributed by atoms with Crippen molar-refractivity contribution >= 4 is 17.7 Å². The summed E-state index contributed by atoms with van der Waals surface area (Å²) in [5.74, 6) is 3.70. The Kier molecular flexibility index (Phi) is 7.94. The third-order valence-corrected chi connectivity index (χ3v) is 7.16. The smallest absolute Gasteiger partial charge is 0.193 e. The quantitative estimate of drug-likeness (QED) is 0.565. The van der Waals surface area contributed by atoms with E-state index in [9.17, 15) is 0 Å². The number of thioether (sulfide) groups is 1. The first-order chi connectivity index (χ1) is 12.8. The second-order valence-corrected chi connectivity index (χ2v) is 9.07. The molecule has 0 atom stereocenters. The lowest BCUT2D eigenvalue weighted by Crippen LogP contribution is -2.53. The van der Waals surface area contributed by atoms with E-state index >= 15 is 0 Å². The van der Waals surface area contributed by atoms with Crippen LogP contribution in [-0.2, 0) is 4.74 Å². The number of piperidine rings is 1. The van der Waals surface area contributed by atoms with Crippen LogP contribution >= 0.6 is 11.8 Å². The Hall–Kier alpha value is -0.460. The molecule has 150 valence electrons. The lowest BCUT2D eigenvalue weighted by molar-refractivity contribution is 0.0262. The number of likely N-dealkylation sites (tertiary alicyclic amines) is 1. The maximum atomic E-state index is 5.81. The van der Waals surface area contributed by atoms with Crippen molar-refractivity contribution < 1.29 is 4.74 Å². The van der Waals surface area contributed by atoms with Gasteiger partial charge in [0.1, 0.15) is 0 Å². The molecule has 3 rings (SSSR count). The molecule has 2 saturated heterocycles. The number of hydrogen-bond donors (Lipinski definition) is 1. The maximum absolute atomic E-state index is 5.81. The van der Waals surface area contributed by atoms with E-state index in [-0.39, 0.29) is 0 Å². The summed E-state index contributed by atoms with van der Waals surface area (Å²) in [6, 6.07) is 0. The molecule has 0 aromatic rings. The summed E-state index contributed by atoms with van der Waals surface area (Å²) in [7, 11) is 0. The van der Waals surface area contributed by atoms with Crippen molar-refractivity contribution in [2.75, 3.05) is 57.4 Å². The highest BCUT2D eigenvalue weighted by atomic mass is 32.2. The summed E-state index contributed by atoms with van der Waals surface area (Å²) in [5, 5.41) is 3.56. The van der Waals surface area contributed by atoms with Gasteiger partial charge in [0, 0.05) is 56.4 Å². The standard InChI is InChI=1S/C20H38N4OS/c1-3-21-19(23-11-7-18(8-12-23)25-4-2)22-17-20(9-5-6-10-20)24-13-15-26-16-14-24/h18H,3-17H2,1-2H3,(H,21,22). The molecule has 0 amide bonds. The van der Waals surface area contributed by atoms with E-state index in [4.69, 9.17) is 9.73 Å². The van der Waals surface area contributed by atoms with Crippen LogP contribution in [0.15, 0.2) is 4.99 Å². The molecule has 5 nitrogen and oxygen atoms in total. The molecule has 1 saturated carbocycles. The van der Waals surface area contributed by atoms with Gasteiger partial charge in [-0.3, -0.25) is 9.89 Å². The highest BCUT2D eigenvalue weighted by Gasteiger charge is 2.40. The molecular weight excluding hydrogens is 344 g/mol. The summed E-state index contributed by atoms with van der Waals surface area (Å²) >= 11 is 2.11. The molecule has 3 fully saturated rings. The fraction of sp³-hybridized carbons (Fsp3) is 0.950. The van der Waals surface area contributed by atoms with Crippen LogP contribution in [-0.4, -0.2) is 84.8 Å². The number of guanidine groups is 1. The Morgan fingerprint density at radius 2 is 1.81 bits per heavy atom. The van der Waals surface area contributed by atoms with E-state index in [1.165, 1.54) is 50.3 Å². The van der Waals surface area contributed by atoms with Crippen molar-refractivity contribution in [3.8, 4) is 0 Å². The molecule has 0 radical (unpaired) electrons. The van der Waals surface area contributed by atoms with Gasteiger partial charge in [-0.1, -0.05) is 12.8 Å². The molecular formula is C20H38N4OS. The van der Waals surface area contributed by atoms with Gasteiger partial charge in [-0.25, -0.2) is 0 Å². The molecule has 3 aliphatic rings. The minimum absolute atomic E-state index is 0.325. The molecule has 0 spiro atoms. The van der Waals surface area contributed by atoms with Crippen molar-refractivity contribution in [1.82, 2.24) is 15.1 Å². The summed E-state index contributed by atoms with van der Waals surface area (Å²) < 4.78 is 5.81. The highest BCUT2D eigenvalue weighted by molar-refractivity contribution is 7.99. The number of nitrogens with zero attached hydrogens (tertiary/aromatic N) is 3. The predicted molar refractivity (Wildman–Crippen MR) is 112 cm³/mol. The van der Waals surface area contributed by atoms with Crippen molar-refractivity contribution in [3.63, 3.8) is 0 Å². The fourth-order valence-corrected chi connectivity index (χ4v) is 5.67. The van der Waals surface area contributed by atoms with Gasteiger partial charge in [-0.05, 0) is 39.5 Å². The first-order valence-corrected chi connectivity index (χ1v) is 11.9. The molecule has 2 aliphatic heterocycles. The Bertz CT molecular complexity index is 439. The first-order valence-electron chi connectivity index (χ1n) is 10.7. The van der Waals surface area contributed by atoms with Gasteiger partial charge in [0.05, 0.1) is 12.6 Å². The van der Waals surface area contributed by atoms with Crippen LogP contribution in [0.3, 0.4) is 0 Å². The number of hydrogen-bond acceptors (Lipinski definition) is 4. The molecule has 1 aliphatic carbocycles. The molecule has 6 heteroatoms. The zero-order chi connectivity index (χ0) is 18.2. The average Bonchev–Trinajstić information content (AvgIpc) is 3.17. The second-order valence-electron chi connectivity index (χ2n) is 7.84. The van der Waals surface area contributed by atoms with Gasteiger partial charge in [0.25, 0.3) is 0 Å². The van der Waals surface area contributed by atoms with E-state index in [1.807, 2.05) is 0 Å². The van der Waals surface area contributed by atoms with Gasteiger partial charge >= 0.3 is 0 Å². The van der Waals surface area contributed by atoms with Crippen molar-refractivity contribution in [2.45, 2.75) is 64.0 Å². The van der Waals surface area contributed by atoms with E-state index in [2.05, 4.69) is 40.7 Å². The molecule has 26 heavy (non-hydrogen) atoms. The third-order valence-electron chi connectivity index (χ3n) is 6.22. The van der Waals surface area contributed by atoms with Gasteiger partial charge in [-0.2, -0.15) is 11.8 Å². The Labute approximate surface area is 164 Å². The lowest BCUT2D eigenvalue weighted by Gasteiger charge is -2.43. The van der Waals surface area contributed by atoms with Gasteiger partial charge in [-0.15, -0.1) is 0 Å². The number of rotatable bonds is 6. The molecule has 1 N–H and O–H groups in total. The van der Waals surface area contributed by atoms with Crippen LogP contribution in [0.5, 0.6) is 0 Å². The van der Waals surface area contributed by atoms with E-state index in [1.54, 1.807) is 0 Å². The summed E-state index contributed by atoms with van der Waals surface area (Å²) in [4.78, 5) is 10.4. The first kappa shape index (κ1) is 20.3. The SMILES string of the molecule is CCNC(=NCC1(N2CCSCC2)CCCC1)N1CCC(OCC)CC1. The monoisotopic (exact) mass is 382 g/mol.